The van der Waals surface area contributed by atoms with E-state index in [1.807, 2.05) is 30.0 Å². The fourth-order valence-electron chi connectivity index (χ4n) is 10.7. The van der Waals surface area contributed by atoms with Gasteiger partial charge in [0.1, 0.15) is 23.9 Å². The van der Waals surface area contributed by atoms with Crippen molar-refractivity contribution in [3.8, 4) is 5.75 Å². The topological polar surface area (TPSA) is 147 Å². The van der Waals surface area contributed by atoms with Crippen LogP contribution in [0, 0.1) is 0 Å². The Morgan fingerprint density at radius 1 is 0.985 bits per heavy atom. The van der Waals surface area contributed by atoms with E-state index in [0.717, 1.165) is 32.1 Å². The number of benzene rings is 3. The first-order valence-corrected chi connectivity index (χ1v) is 26.1. The lowest BCUT2D eigenvalue weighted by Gasteiger charge is -2.42. The second-order valence-corrected chi connectivity index (χ2v) is 22.1. The predicted octanol–water partition coefficient (Wildman–Crippen LogP) is 8.35. The van der Waals surface area contributed by atoms with Crippen molar-refractivity contribution < 1.29 is 42.1 Å². The molecule has 1 aromatic heterocycles. The fraction of sp³-hybridized carbons (Fsp3) is 0.520. The maximum Gasteiger partial charge on any atom is 0.355 e. The number of hydrogen-bond acceptors (Lipinski definition) is 10. The smallest absolute Gasteiger partial charge is 0.355 e. The molecule has 1 saturated carbocycles. The van der Waals surface area contributed by atoms with Crippen molar-refractivity contribution in [3.05, 3.63) is 101 Å². The molecule has 1 aliphatic carbocycles. The third-order valence-electron chi connectivity index (χ3n) is 14.5. The van der Waals surface area contributed by atoms with Crippen LogP contribution >= 0.6 is 18.9 Å². The molecule has 0 bridgehead atoms. The largest absolute Gasteiger partial charge is 0.465 e. The lowest BCUT2D eigenvalue weighted by Crippen LogP contribution is -2.59. The molecular weight excluding hydrogens is 881 g/mol. The Hall–Kier alpha value is -4.66. The summed E-state index contributed by atoms with van der Waals surface area (Å²) in [5.41, 5.74) is 1.11. The number of alkyl halides is 1. The minimum atomic E-state index is -4.47. The van der Waals surface area contributed by atoms with E-state index < -0.39 is 43.4 Å². The molecule has 5 aliphatic rings. The van der Waals surface area contributed by atoms with E-state index >= 15 is 4.39 Å². The highest BCUT2D eigenvalue weighted by Gasteiger charge is 2.59. The van der Waals surface area contributed by atoms with Gasteiger partial charge in [0.2, 0.25) is 17.7 Å². The van der Waals surface area contributed by atoms with Crippen molar-refractivity contribution >= 4 is 52.6 Å². The summed E-state index contributed by atoms with van der Waals surface area (Å²) in [6.07, 6.45) is 7.50. The van der Waals surface area contributed by atoms with E-state index in [0.29, 0.717) is 66.8 Å². The molecule has 9 rings (SSSR count). The number of esters is 1. The number of likely N-dealkylation sites (N-methyl/N-ethyl adjacent to an activating group) is 1. The Bertz CT molecular complexity index is 2450. The first-order chi connectivity index (χ1) is 31.9. The summed E-state index contributed by atoms with van der Waals surface area (Å²) in [6.45, 7) is 5.46. The first-order valence-electron chi connectivity index (χ1n) is 23.6. The molecular formula is C50H61FN5O8PS. The van der Waals surface area contributed by atoms with Gasteiger partial charge in [0.05, 0.1) is 18.1 Å². The van der Waals surface area contributed by atoms with Gasteiger partial charge in [-0.15, -0.1) is 11.3 Å². The van der Waals surface area contributed by atoms with Gasteiger partial charge in [-0.2, -0.15) is 0 Å². The molecule has 352 valence electrons. The van der Waals surface area contributed by atoms with E-state index in [1.165, 1.54) is 36.0 Å². The van der Waals surface area contributed by atoms with Gasteiger partial charge in [-0.1, -0.05) is 61.5 Å². The number of para-hydroxylation sites is 1. The summed E-state index contributed by atoms with van der Waals surface area (Å²) in [4.78, 5) is 63.5. The Morgan fingerprint density at radius 3 is 2.45 bits per heavy atom. The molecule has 4 saturated heterocycles. The first kappa shape index (κ1) is 46.5. The Morgan fingerprint density at radius 2 is 1.74 bits per heavy atom. The number of ether oxygens (including phenoxy) is 2. The maximum absolute atomic E-state index is 16.7. The van der Waals surface area contributed by atoms with Crippen molar-refractivity contribution in [3.63, 3.8) is 0 Å². The predicted molar refractivity (Wildman–Crippen MR) is 251 cm³/mol. The van der Waals surface area contributed by atoms with Gasteiger partial charge < -0.3 is 29.1 Å². The van der Waals surface area contributed by atoms with Gasteiger partial charge >= 0.3 is 13.5 Å². The van der Waals surface area contributed by atoms with Crippen molar-refractivity contribution in [2.75, 3.05) is 33.4 Å². The summed E-state index contributed by atoms with van der Waals surface area (Å²) >= 11 is 1.21. The molecule has 16 heteroatoms. The van der Waals surface area contributed by atoms with Crippen molar-refractivity contribution in [1.29, 1.82) is 0 Å². The maximum atomic E-state index is 16.7. The standard InChI is InChI=1S/C50H61FN5O8PS/c1-4-24-63-49(60)32(2)53-65(61,64-40-13-9-6-10-14-40)45(51)34-15-20-43-35(26-34)27-44(66-43)46(57)52-41-18-16-37(54(3)39-21-25-62-31-39)28-38-17-19-42(56(38)47(41)58)48(59)55-30-36(29-50(55)22-23-50)33-11-7-5-8-12-33/h5-15,20,26-27,32,36-39,41-42,45H,4,16-19,21-25,28-31H2,1-3H3,(H,52,57)(H,53,61)/t32-,36+,37-,38+,39-,41-,42-,45-,65?/m0/s1. The summed E-state index contributed by atoms with van der Waals surface area (Å²) in [5, 5.41) is 6.25. The fourth-order valence-corrected chi connectivity index (χ4v) is 13.6. The Kier molecular flexibility index (Phi) is 13.7. The summed E-state index contributed by atoms with van der Waals surface area (Å²) < 4.78 is 48.7. The zero-order valence-electron chi connectivity index (χ0n) is 37.9. The van der Waals surface area contributed by atoms with E-state index in [9.17, 15) is 23.7 Å². The summed E-state index contributed by atoms with van der Waals surface area (Å²) in [7, 11) is -2.34. The molecule has 4 aromatic rings. The highest BCUT2D eigenvalue weighted by atomic mass is 32.1. The minimum absolute atomic E-state index is 0.0211. The van der Waals surface area contributed by atoms with Crippen LogP contribution in [0.15, 0.2) is 84.9 Å². The number of fused-ring (bicyclic) bond motifs is 2. The Balaban J connectivity index is 0.954. The average Bonchev–Trinajstić information content (AvgIpc) is 3.79. The molecule has 3 amide bonds. The minimum Gasteiger partial charge on any atom is -0.465 e. The number of nitrogens with one attached hydrogen (secondary N) is 2. The van der Waals surface area contributed by atoms with Gasteiger partial charge in [-0.25, -0.2) is 9.48 Å². The van der Waals surface area contributed by atoms with Crippen LogP contribution in [0.25, 0.3) is 10.1 Å². The molecule has 4 aliphatic heterocycles. The SMILES string of the molecule is CCCOC(=O)[C@H](C)NP(=O)(Oc1ccccc1)[C@H](F)c1ccc2sc(C(=O)N[C@H]3CC[C@H](N(C)[C@H]4CCOC4)C[C@H]4CC[C@@H](C(=O)N5C[C@H](c6ccccc6)CC56CC6)N4C3=O)cc2c1. The van der Waals surface area contributed by atoms with Crippen LogP contribution < -0.4 is 14.9 Å². The zero-order valence-corrected chi connectivity index (χ0v) is 39.7. The van der Waals surface area contributed by atoms with Gasteiger partial charge in [-0.3, -0.25) is 28.6 Å². The van der Waals surface area contributed by atoms with Crippen LogP contribution in [0.1, 0.15) is 111 Å². The zero-order chi connectivity index (χ0) is 46.2. The number of carbonyl (C=O) groups excluding carboxylic acids is 4. The van der Waals surface area contributed by atoms with Gasteiger partial charge in [0.25, 0.3) is 5.91 Å². The summed E-state index contributed by atoms with van der Waals surface area (Å²) in [6, 6.07) is 22.5. The van der Waals surface area contributed by atoms with Crippen molar-refractivity contribution in [1.82, 2.24) is 25.1 Å². The van der Waals surface area contributed by atoms with Crippen molar-refractivity contribution in [2.24, 2.45) is 0 Å². The normalized spacial score (nSPS) is 26.7. The lowest BCUT2D eigenvalue weighted by molar-refractivity contribution is -0.148. The van der Waals surface area contributed by atoms with E-state index in [4.69, 9.17) is 14.0 Å². The Labute approximate surface area is 390 Å². The molecule has 0 radical (unpaired) electrons. The second kappa shape index (κ2) is 19.5. The van der Waals surface area contributed by atoms with Crippen LogP contribution in [0.2, 0.25) is 0 Å². The van der Waals surface area contributed by atoms with Crippen LogP contribution in [0.3, 0.4) is 0 Å². The number of rotatable bonds is 15. The molecule has 66 heavy (non-hydrogen) atoms. The molecule has 1 spiro atoms. The number of amides is 3. The van der Waals surface area contributed by atoms with Crippen LogP contribution in [0.5, 0.6) is 5.75 Å². The summed E-state index contributed by atoms with van der Waals surface area (Å²) in [5.74, 6) is -3.12. The van der Waals surface area contributed by atoms with Gasteiger partial charge in [-0.05, 0) is 125 Å². The number of hydrogen-bond donors (Lipinski definition) is 2. The number of thiophene rings is 1. The molecule has 1 unspecified atom stereocenters. The van der Waals surface area contributed by atoms with E-state index in [2.05, 4.69) is 39.4 Å². The molecule has 5 heterocycles. The number of halogens is 1. The van der Waals surface area contributed by atoms with Crippen LogP contribution in [-0.2, 0) is 28.4 Å². The monoisotopic (exact) mass is 941 g/mol. The molecule has 3 aromatic carbocycles. The molecule has 13 nitrogen and oxygen atoms in total. The third-order valence-corrected chi connectivity index (χ3v) is 17.7. The van der Waals surface area contributed by atoms with Gasteiger partial charge in [0, 0.05) is 47.4 Å². The number of nitrogens with zero attached hydrogens (tertiary/aromatic N) is 3. The quantitative estimate of drug-likeness (QED) is 0.0881. The average molecular weight is 942 g/mol. The number of carbonyl (C=O) groups is 4. The van der Waals surface area contributed by atoms with Gasteiger partial charge in [0.15, 0.2) is 0 Å². The molecule has 5 fully saturated rings. The third kappa shape index (κ3) is 9.56. The van der Waals surface area contributed by atoms with E-state index in [1.54, 1.807) is 42.5 Å². The molecule has 9 atom stereocenters. The number of likely N-dealkylation sites (tertiary alicyclic amines) is 1. The van der Waals surface area contributed by atoms with Crippen LogP contribution in [-0.4, -0.2) is 114 Å². The molecule has 2 N–H and O–H groups in total. The lowest BCUT2D eigenvalue weighted by atomic mass is 9.92. The van der Waals surface area contributed by atoms with Crippen LogP contribution in [0.4, 0.5) is 4.39 Å². The highest BCUT2D eigenvalue weighted by Crippen LogP contribution is 2.58. The second-order valence-electron chi connectivity index (χ2n) is 18.9. The van der Waals surface area contributed by atoms with Crippen molar-refractivity contribution in [2.45, 2.75) is 132 Å². The highest BCUT2D eigenvalue weighted by molar-refractivity contribution is 7.57. The van der Waals surface area contributed by atoms with E-state index in [-0.39, 0.29) is 59.3 Å².